The lowest BCUT2D eigenvalue weighted by molar-refractivity contribution is 0.139. The number of urea groups is 2. The van der Waals surface area contributed by atoms with Crippen LogP contribution in [0.25, 0.3) is 0 Å². The Labute approximate surface area is 172 Å². The van der Waals surface area contributed by atoms with Crippen molar-refractivity contribution >= 4 is 17.7 Å². The minimum absolute atomic E-state index is 0.0662. The van der Waals surface area contributed by atoms with Crippen LogP contribution in [0, 0.1) is 6.92 Å². The van der Waals surface area contributed by atoms with E-state index in [-0.39, 0.29) is 18.1 Å². The molecule has 2 aliphatic rings. The van der Waals surface area contributed by atoms with Crippen molar-refractivity contribution < 1.29 is 9.59 Å². The fourth-order valence-corrected chi connectivity index (χ4v) is 4.22. The molecule has 4 rings (SSSR count). The number of aryl methyl sites for hydroxylation is 1. The van der Waals surface area contributed by atoms with Gasteiger partial charge in [-0.15, -0.1) is 0 Å². The van der Waals surface area contributed by atoms with Crippen LogP contribution in [0.3, 0.4) is 0 Å². The summed E-state index contributed by atoms with van der Waals surface area (Å²) in [6, 6.07) is 18.1. The molecule has 0 saturated carbocycles. The van der Waals surface area contributed by atoms with Crippen LogP contribution < -0.4 is 5.32 Å². The van der Waals surface area contributed by atoms with Crippen molar-refractivity contribution in [3.8, 4) is 0 Å². The Morgan fingerprint density at radius 2 is 1.76 bits per heavy atom. The molecule has 0 aliphatic carbocycles. The lowest BCUT2D eigenvalue weighted by Gasteiger charge is -2.36. The second-order valence-electron chi connectivity index (χ2n) is 7.90. The van der Waals surface area contributed by atoms with Gasteiger partial charge in [-0.3, -0.25) is 0 Å². The van der Waals surface area contributed by atoms with Crippen LogP contribution >= 0.6 is 0 Å². The topological polar surface area (TPSA) is 55.9 Å². The van der Waals surface area contributed by atoms with E-state index in [0.29, 0.717) is 19.6 Å². The summed E-state index contributed by atoms with van der Waals surface area (Å²) in [5, 5.41) is 2.94. The molecule has 6 nitrogen and oxygen atoms in total. The molecular weight excluding hydrogens is 364 g/mol. The number of benzene rings is 2. The van der Waals surface area contributed by atoms with Gasteiger partial charge in [0.15, 0.2) is 0 Å². The van der Waals surface area contributed by atoms with E-state index in [1.807, 2.05) is 51.1 Å². The van der Waals surface area contributed by atoms with Gasteiger partial charge in [0.2, 0.25) is 0 Å². The van der Waals surface area contributed by atoms with Crippen LogP contribution in [-0.2, 0) is 6.54 Å². The lowest BCUT2D eigenvalue weighted by Crippen LogP contribution is -2.49. The molecule has 0 radical (unpaired) electrons. The van der Waals surface area contributed by atoms with Gasteiger partial charge in [0.1, 0.15) is 0 Å². The zero-order valence-corrected chi connectivity index (χ0v) is 16.9. The maximum Gasteiger partial charge on any atom is 0.321 e. The number of para-hydroxylation sites is 1. The highest BCUT2D eigenvalue weighted by Gasteiger charge is 2.35. The molecule has 152 valence electrons. The molecule has 2 fully saturated rings. The number of carbonyl (C=O) groups excluding carboxylic acids is 2. The van der Waals surface area contributed by atoms with Crippen molar-refractivity contribution in [1.82, 2.24) is 14.7 Å². The molecule has 6 heteroatoms. The number of likely N-dealkylation sites (tertiary alicyclic amines) is 1. The molecule has 4 amide bonds. The zero-order chi connectivity index (χ0) is 20.2. The maximum atomic E-state index is 12.9. The van der Waals surface area contributed by atoms with Gasteiger partial charge in [0, 0.05) is 44.5 Å². The predicted octanol–water partition coefficient (Wildman–Crippen LogP) is 3.93. The molecule has 0 unspecified atom stereocenters. The average molecular weight is 393 g/mol. The number of nitrogens with zero attached hydrogens (tertiary/aromatic N) is 3. The number of carbonyl (C=O) groups is 2. The van der Waals surface area contributed by atoms with Gasteiger partial charge < -0.3 is 20.0 Å². The molecule has 0 atom stereocenters. The van der Waals surface area contributed by atoms with E-state index in [1.165, 1.54) is 11.1 Å². The predicted molar refractivity (Wildman–Crippen MR) is 114 cm³/mol. The summed E-state index contributed by atoms with van der Waals surface area (Å²) in [5.74, 6) is 0. The van der Waals surface area contributed by atoms with Gasteiger partial charge in [0.25, 0.3) is 0 Å². The Balaban J connectivity index is 1.28. The van der Waals surface area contributed by atoms with Gasteiger partial charge in [-0.05, 0) is 37.5 Å². The molecule has 2 saturated heterocycles. The molecule has 0 bridgehead atoms. The van der Waals surface area contributed by atoms with E-state index >= 15 is 0 Å². The Morgan fingerprint density at radius 1 is 1.00 bits per heavy atom. The summed E-state index contributed by atoms with van der Waals surface area (Å²) < 4.78 is 0. The minimum Gasteiger partial charge on any atom is -0.324 e. The quantitative estimate of drug-likeness (QED) is 0.857. The van der Waals surface area contributed by atoms with Gasteiger partial charge in [0.05, 0.1) is 0 Å². The normalized spacial score (nSPS) is 17.7. The standard InChI is InChI=1S/C23H28N4O2/c1-18-6-5-7-19(16-18)17-26-14-15-27(23(26)29)21-10-12-25(13-11-21)22(28)24-20-8-3-2-4-9-20/h2-9,16,21H,10-15,17H2,1H3,(H,24,28). The number of hydrogen-bond donors (Lipinski definition) is 1. The molecule has 2 aliphatic heterocycles. The van der Waals surface area contributed by atoms with Crippen LogP contribution in [0.4, 0.5) is 15.3 Å². The highest BCUT2D eigenvalue weighted by Crippen LogP contribution is 2.23. The van der Waals surface area contributed by atoms with E-state index < -0.39 is 0 Å². The first-order valence-corrected chi connectivity index (χ1v) is 10.3. The Bertz CT molecular complexity index is 862. The molecule has 0 spiro atoms. The van der Waals surface area contributed by atoms with Gasteiger partial charge >= 0.3 is 12.1 Å². The summed E-state index contributed by atoms with van der Waals surface area (Å²) in [4.78, 5) is 31.2. The first-order valence-electron chi connectivity index (χ1n) is 10.3. The fraction of sp³-hybridized carbons (Fsp3) is 0.391. The van der Waals surface area contributed by atoms with Crippen molar-refractivity contribution in [2.24, 2.45) is 0 Å². The van der Waals surface area contributed by atoms with Gasteiger partial charge in [-0.1, -0.05) is 48.0 Å². The number of hydrogen-bond acceptors (Lipinski definition) is 2. The Morgan fingerprint density at radius 3 is 2.48 bits per heavy atom. The van der Waals surface area contributed by atoms with E-state index in [0.717, 1.165) is 31.6 Å². The number of rotatable bonds is 4. The molecule has 1 N–H and O–H groups in total. The van der Waals surface area contributed by atoms with E-state index in [4.69, 9.17) is 0 Å². The summed E-state index contributed by atoms with van der Waals surface area (Å²) >= 11 is 0. The second-order valence-corrected chi connectivity index (χ2v) is 7.90. The van der Waals surface area contributed by atoms with Gasteiger partial charge in [-0.2, -0.15) is 0 Å². The number of anilines is 1. The third kappa shape index (κ3) is 4.53. The van der Waals surface area contributed by atoms with Crippen molar-refractivity contribution in [3.63, 3.8) is 0 Å². The largest absolute Gasteiger partial charge is 0.324 e. The van der Waals surface area contributed by atoms with E-state index in [1.54, 1.807) is 0 Å². The van der Waals surface area contributed by atoms with Crippen LogP contribution in [-0.4, -0.2) is 59.0 Å². The molecular formula is C23H28N4O2. The molecule has 2 aromatic carbocycles. The monoisotopic (exact) mass is 392 g/mol. The summed E-state index contributed by atoms with van der Waals surface area (Å²) in [7, 11) is 0. The molecule has 2 aromatic rings. The Kier molecular flexibility index (Phi) is 5.69. The highest BCUT2D eigenvalue weighted by molar-refractivity contribution is 5.89. The number of amides is 4. The summed E-state index contributed by atoms with van der Waals surface area (Å²) in [6.45, 7) is 5.61. The highest BCUT2D eigenvalue weighted by atomic mass is 16.2. The van der Waals surface area contributed by atoms with Gasteiger partial charge in [-0.25, -0.2) is 9.59 Å². The van der Waals surface area contributed by atoms with E-state index in [9.17, 15) is 9.59 Å². The third-order valence-corrected chi connectivity index (χ3v) is 5.80. The zero-order valence-electron chi connectivity index (χ0n) is 16.9. The molecule has 29 heavy (non-hydrogen) atoms. The smallest absolute Gasteiger partial charge is 0.321 e. The first kappa shape index (κ1) is 19.3. The number of piperidine rings is 1. The van der Waals surface area contributed by atoms with Crippen LogP contribution in [0.1, 0.15) is 24.0 Å². The van der Waals surface area contributed by atoms with Crippen molar-refractivity contribution in [2.45, 2.75) is 32.4 Å². The Hall–Kier alpha value is -3.02. The van der Waals surface area contributed by atoms with Crippen molar-refractivity contribution in [1.29, 1.82) is 0 Å². The van der Waals surface area contributed by atoms with Crippen LogP contribution in [0.15, 0.2) is 54.6 Å². The third-order valence-electron chi connectivity index (χ3n) is 5.80. The SMILES string of the molecule is Cc1cccc(CN2CCN(C3CCN(C(=O)Nc4ccccc4)CC3)C2=O)c1. The molecule has 0 aromatic heterocycles. The lowest BCUT2D eigenvalue weighted by atomic mass is 10.0. The minimum atomic E-state index is -0.0662. The maximum absolute atomic E-state index is 12.9. The number of nitrogens with one attached hydrogen (secondary N) is 1. The average Bonchev–Trinajstić information content (AvgIpc) is 3.09. The van der Waals surface area contributed by atoms with Crippen molar-refractivity contribution in [3.05, 3.63) is 65.7 Å². The fourth-order valence-electron chi connectivity index (χ4n) is 4.22. The molecule has 2 heterocycles. The van der Waals surface area contributed by atoms with Crippen molar-refractivity contribution in [2.75, 3.05) is 31.5 Å². The van der Waals surface area contributed by atoms with Crippen LogP contribution in [0.5, 0.6) is 0 Å². The summed E-state index contributed by atoms with van der Waals surface area (Å²) in [6.07, 6.45) is 1.65. The first-order chi connectivity index (χ1) is 14.1. The van der Waals surface area contributed by atoms with E-state index in [2.05, 4.69) is 30.4 Å². The van der Waals surface area contributed by atoms with Crippen LogP contribution in [0.2, 0.25) is 0 Å². The second kappa shape index (κ2) is 8.55. The summed E-state index contributed by atoms with van der Waals surface area (Å²) in [5.41, 5.74) is 3.20.